The molecule has 2 aliphatic heterocycles. The number of hydrogen-bond acceptors (Lipinski definition) is 10. The molecule has 0 radical (unpaired) electrons. The first-order valence-corrected chi connectivity index (χ1v) is 13.6. The number of urea groups is 1. The summed E-state index contributed by atoms with van der Waals surface area (Å²) in [5, 5.41) is 19.0. The number of aromatic nitrogens is 2. The molecular weight excluding hydrogens is 512 g/mol. The number of fused-ring (bicyclic) bond motifs is 1. The van der Waals surface area contributed by atoms with E-state index >= 15 is 0 Å². The van der Waals surface area contributed by atoms with Gasteiger partial charge in [-0.05, 0) is 43.9 Å². The maximum Gasteiger partial charge on any atom is 0.328 e. The van der Waals surface area contributed by atoms with Crippen molar-refractivity contribution in [2.75, 3.05) is 69.6 Å². The number of carbonyl (C=O) groups excluding carboxylic acids is 1. The fourth-order valence-electron chi connectivity index (χ4n) is 5.44. The molecule has 216 valence electrons. The van der Waals surface area contributed by atoms with Crippen LogP contribution < -0.4 is 20.9 Å². The highest BCUT2D eigenvalue weighted by molar-refractivity contribution is 6.01. The molecule has 1 saturated heterocycles. The third-order valence-corrected chi connectivity index (χ3v) is 7.08. The van der Waals surface area contributed by atoms with Crippen molar-refractivity contribution in [1.82, 2.24) is 20.2 Å². The molecule has 2 aromatic heterocycles. The normalized spacial score (nSPS) is 19.3. The minimum Gasteiger partial charge on any atom is -0.383 e. The van der Waals surface area contributed by atoms with E-state index in [2.05, 4.69) is 51.8 Å². The summed E-state index contributed by atoms with van der Waals surface area (Å²) in [7, 11) is 4.79. The summed E-state index contributed by atoms with van der Waals surface area (Å²) in [5.41, 5.74) is 3.68. The fraction of sp³-hybridized carbons (Fsp3) is 0.571. The molecule has 4 rings (SSSR count). The smallest absolute Gasteiger partial charge is 0.328 e. The molecule has 1 fully saturated rings. The Kier molecular flexibility index (Phi) is 10.2. The van der Waals surface area contributed by atoms with Crippen LogP contribution in [0, 0.1) is 11.3 Å². The standard InChI is InChI=1S/C28H40N8O4/c1-18-15-35(16-19(2)32-18)17-21-11-20-7-6-9-36(26(20)34-25(21)27(39-4)40-5)28(37)33-24-12-23(30-8-10-38-3)22(13-29)14-31-24/h11-12,14,18-19,27,32H,6-10,15-17H2,1-5H3,(H2,30,31,33,37)/t18-,19+. The van der Waals surface area contributed by atoms with E-state index in [0.29, 0.717) is 60.4 Å². The quantitative estimate of drug-likeness (QED) is 0.298. The first-order chi connectivity index (χ1) is 19.4. The maximum absolute atomic E-state index is 13.5. The summed E-state index contributed by atoms with van der Waals surface area (Å²) >= 11 is 0. The maximum atomic E-state index is 13.5. The lowest BCUT2D eigenvalue weighted by atomic mass is 10.0. The minimum atomic E-state index is -0.661. The summed E-state index contributed by atoms with van der Waals surface area (Å²) < 4.78 is 16.3. The first kappa shape index (κ1) is 29.6. The van der Waals surface area contributed by atoms with Gasteiger partial charge in [0.2, 0.25) is 6.29 Å². The van der Waals surface area contributed by atoms with Gasteiger partial charge in [-0.3, -0.25) is 15.1 Å². The highest BCUT2D eigenvalue weighted by Gasteiger charge is 2.30. The second-order valence-electron chi connectivity index (χ2n) is 10.3. The summed E-state index contributed by atoms with van der Waals surface area (Å²) in [5.74, 6) is 0.928. The number of pyridine rings is 2. The average Bonchev–Trinajstić information content (AvgIpc) is 2.93. The number of ether oxygens (including phenoxy) is 3. The molecule has 2 aliphatic rings. The van der Waals surface area contributed by atoms with Gasteiger partial charge >= 0.3 is 6.03 Å². The molecule has 2 atom stereocenters. The molecule has 0 bridgehead atoms. The van der Waals surface area contributed by atoms with Crippen molar-refractivity contribution in [3.63, 3.8) is 0 Å². The van der Waals surface area contributed by atoms with E-state index in [1.54, 1.807) is 32.3 Å². The van der Waals surface area contributed by atoms with Crippen LogP contribution in [0.15, 0.2) is 18.3 Å². The highest BCUT2D eigenvalue weighted by Crippen LogP contribution is 2.32. The van der Waals surface area contributed by atoms with E-state index in [1.807, 2.05) is 0 Å². The average molecular weight is 553 g/mol. The zero-order chi connectivity index (χ0) is 28.6. The Hall–Kier alpha value is -3.34. The Balaban J connectivity index is 1.60. The zero-order valence-electron chi connectivity index (χ0n) is 24.0. The number of piperazine rings is 1. The van der Waals surface area contributed by atoms with Crippen molar-refractivity contribution >= 4 is 23.4 Å². The number of rotatable bonds is 10. The molecular formula is C28H40N8O4. The Morgan fingerprint density at radius 2 is 1.98 bits per heavy atom. The summed E-state index contributed by atoms with van der Waals surface area (Å²) in [6, 6.07) is 6.36. The number of amides is 2. The lowest BCUT2D eigenvalue weighted by Gasteiger charge is -2.37. The summed E-state index contributed by atoms with van der Waals surface area (Å²) in [6.45, 7) is 8.47. The Labute approximate surface area is 236 Å². The molecule has 0 aromatic carbocycles. The number of aryl methyl sites for hydroxylation is 1. The minimum absolute atomic E-state index is 0.335. The Bertz CT molecular complexity index is 1210. The van der Waals surface area contributed by atoms with Crippen molar-refractivity contribution < 1.29 is 19.0 Å². The lowest BCUT2D eigenvalue weighted by molar-refractivity contribution is -0.109. The van der Waals surface area contributed by atoms with Crippen LogP contribution in [-0.2, 0) is 27.2 Å². The van der Waals surface area contributed by atoms with E-state index in [9.17, 15) is 10.1 Å². The van der Waals surface area contributed by atoms with Crippen LogP contribution in [-0.4, -0.2) is 87.1 Å². The zero-order valence-corrected chi connectivity index (χ0v) is 24.0. The number of methoxy groups -OCH3 is 3. The van der Waals surface area contributed by atoms with Crippen molar-refractivity contribution in [1.29, 1.82) is 5.26 Å². The van der Waals surface area contributed by atoms with Gasteiger partial charge in [0.15, 0.2) is 0 Å². The molecule has 0 aliphatic carbocycles. The molecule has 12 nitrogen and oxygen atoms in total. The SMILES string of the molecule is COCCNc1cc(NC(=O)N2CCCc3cc(CN4C[C@@H](C)N[C@@H](C)C4)c(C(OC)OC)nc32)ncc1C#N. The largest absolute Gasteiger partial charge is 0.383 e. The van der Waals surface area contributed by atoms with Gasteiger partial charge in [-0.15, -0.1) is 0 Å². The lowest BCUT2D eigenvalue weighted by Crippen LogP contribution is -2.53. The van der Waals surface area contributed by atoms with Crippen LogP contribution in [0.25, 0.3) is 0 Å². The van der Waals surface area contributed by atoms with Crippen molar-refractivity contribution in [2.45, 2.75) is 51.6 Å². The van der Waals surface area contributed by atoms with Crippen LogP contribution in [0.1, 0.15) is 48.9 Å². The molecule has 12 heteroatoms. The first-order valence-electron chi connectivity index (χ1n) is 13.6. The van der Waals surface area contributed by atoms with Crippen LogP contribution in [0.5, 0.6) is 0 Å². The molecule has 4 heterocycles. The number of nitrogens with one attached hydrogen (secondary N) is 3. The van der Waals surface area contributed by atoms with Crippen molar-refractivity contribution in [3.8, 4) is 6.07 Å². The number of hydrogen-bond donors (Lipinski definition) is 3. The van der Waals surface area contributed by atoms with Gasteiger partial charge in [0, 0.05) is 78.4 Å². The predicted octanol–water partition coefficient (Wildman–Crippen LogP) is 2.86. The summed E-state index contributed by atoms with van der Waals surface area (Å²) in [4.78, 5) is 26.8. The monoisotopic (exact) mass is 552 g/mol. The molecule has 0 saturated carbocycles. The van der Waals surface area contributed by atoms with E-state index in [0.717, 1.165) is 43.6 Å². The molecule has 0 unspecified atom stereocenters. The van der Waals surface area contributed by atoms with E-state index in [1.165, 1.54) is 6.20 Å². The second kappa shape index (κ2) is 13.8. The van der Waals surface area contributed by atoms with E-state index in [-0.39, 0.29) is 6.03 Å². The molecule has 0 spiro atoms. The third kappa shape index (κ3) is 7.04. The van der Waals surface area contributed by atoms with E-state index < -0.39 is 6.29 Å². The number of anilines is 3. The third-order valence-electron chi connectivity index (χ3n) is 7.08. The van der Waals surface area contributed by atoms with Crippen LogP contribution in [0.3, 0.4) is 0 Å². The molecule has 3 N–H and O–H groups in total. The Morgan fingerprint density at radius 1 is 1.23 bits per heavy atom. The topological polar surface area (TPSA) is 137 Å². The van der Waals surface area contributed by atoms with Gasteiger partial charge in [-0.2, -0.15) is 5.26 Å². The van der Waals surface area contributed by atoms with Gasteiger partial charge in [-0.1, -0.05) is 0 Å². The molecule has 40 heavy (non-hydrogen) atoms. The van der Waals surface area contributed by atoms with Gasteiger partial charge in [-0.25, -0.2) is 14.8 Å². The van der Waals surface area contributed by atoms with E-state index in [4.69, 9.17) is 19.2 Å². The Morgan fingerprint density at radius 3 is 2.65 bits per heavy atom. The van der Waals surface area contributed by atoms with Crippen molar-refractivity contribution in [3.05, 3.63) is 40.7 Å². The van der Waals surface area contributed by atoms with Gasteiger partial charge in [0.1, 0.15) is 23.4 Å². The van der Waals surface area contributed by atoms with Crippen LogP contribution in [0.2, 0.25) is 0 Å². The highest BCUT2D eigenvalue weighted by atomic mass is 16.7. The molecule has 2 amide bonds. The number of nitriles is 1. The molecule has 2 aromatic rings. The second-order valence-corrected chi connectivity index (χ2v) is 10.3. The summed E-state index contributed by atoms with van der Waals surface area (Å²) in [6.07, 6.45) is 2.41. The number of carbonyl (C=O) groups is 1. The number of nitrogens with zero attached hydrogens (tertiary/aromatic N) is 5. The fourth-order valence-corrected chi connectivity index (χ4v) is 5.44. The van der Waals surface area contributed by atoms with Gasteiger partial charge in [0.05, 0.1) is 17.9 Å². The van der Waals surface area contributed by atoms with Crippen molar-refractivity contribution in [2.24, 2.45) is 0 Å². The van der Waals surface area contributed by atoms with Crippen LogP contribution in [0.4, 0.5) is 22.1 Å². The predicted molar refractivity (Wildman–Crippen MR) is 152 cm³/mol. The van der Waals surface area contributed by atoms with Gasteiger partial charge < -0.3 is 24.8 Å². The van der Waals surface area contributed by atoms with Crippen LogP contribution >= 0.6 is 0 Å². The van der Waals surface area contributed by atoms with Gasteiger partial charge in [0.25, 0.3) is 0 Å².